The van der Waals surface area contributed by atoms with Crippen molar-refractivity contribution in [3.8, 4) is 11.1 Å². The molecule has 0 aromatic heterocycles. The number of carbonyl (C=O) groups excluding carboxylic acids is 1. The fraction of sp³-hybridized carbons (Fsp3) is 0.0294. The number of anilines is 2. The summed E-state index contributed by atoms with van der Waals surface area (Å²) in [5.74, 6) is -1.20. The van der Waals surface area contributed by atoms with Gasteiger partial charge in [0, 0.05) is 27.2 Å². The van der Waals surface area contributed by atoms with Gasteiger partial charge in [-0.15, -0.1) is 10.2 Å². The molecule has 0 radical (unpaired) electrons. The summed E-state index contributed by atoms with van der Waals surface area (Å²) < 4.78 is 35.6. The molecule has 0 aliphatic carbocycles. The third-order valence-electron chi connectivity index (χ3n) is 7.23. The number of nitrogens with one attached hydrogen (secondary N) is 1. The number of benzene rings is 6. The van der Waals surface area contributed by atoms with Crippen molar-refractivity contribution in [2.75, 3.05) is 17.6 Å². The third kappa shape index (κ3) is 8.35. The third-order valence-corrected chi connectivity index (χ3v) is 8.11. The minimum absolute atomic E-state index is 0. The molecule has 6 aromatic rings. The van der Waals surface area contributed by atoms with Gasteiger partial charge in [0.25, 0.3) is 0 Å². The van der Waals surface area contributed by atoms with Crippen LogP contribution in [0.4, 0.5) is 34.1 Å². The quantitative estimate of drug-likeness (QED) is 0.0997. The summed E-state index contributed by atoms with van der Waals surface area (Å²) in [6.45, 7) is -0.303. The Kier molecular flexibility index (Phi) is 12.2. The van der Waals surface area contributed by atoms with Crippen LogP contribution < -0.4 is 75.3 Å². The zero-order chi connectivity index (χ0) is 32.3. The number of nitrogens with two attached hydrogens (primary N) is 1. The molecule has 0 saturated heterocycles. The number of hydrogen-bond donors (Lipinski definition) is 2. The molecule has 0 aliphatic heterocycles. The number of fused-ring (bicyclic) bond motifs is 2. The van der Waals surface area contributed by atoms with Gasteiger partial charge in [-0.05, 0) is 53.6 Å². The van der Waals surface area contributed by atoms with Crippen LogP contribution in [-0.2, 0) is 14.9 Å². The van der Waals surface area contributed by atoms with E-state index in [1.54, 1.807) is 42.5 Å². The molecule has 0 fully saturated rings. The Morgan fingerprint density at radius 2 is 1.15 bits per heavy atom. The van der Waals surface area contributed by atoms with E-state index in [1.807, 2.05) is 60.7 Å². The van der Waals surface area contributed by atoms with Crippen LogP contribution in [0.3, 0.4) is 0 Å². The van der Waals surface area contributed by atoms with Crippen LogP contribution in [0.5, 0.6) is 0 Å². The predicted molar refractivity (Wildman–Crippen MR) is 174 cm³/mol. The molecular weight excluding hydrogens is 650 g/mol. The van der Waals surface area contributed by atoms with Crippen molar-refractivity contribution in [2.45, 2.75) is 4.90 Å². The Balaban J connectivity index is 0.00000260. The van der Waals surface area contributed by atoms with E-state index in [1.165, 1.54) is 6.07 Å². The fourth-order valence-electron chi connectivity index (χ4n) is 5.00. The Morgan fingerprint density at radius 3 is 1.69 bits per heavy atom. The standard InChI is InChI=1S/C34H26N6O5S.2Na/c35-34-28-8-4-3-7-27(28)32(46(43,44)45)19-31(34)40-38-24-15-11-22(12-16-24)21-9-13-23(14-10-21)37-39-30-18-17-29(36-20-33(41)42)25-5-1-2-6-26(25)30;;/h1-19,36H,20,35H2,(H,41,42)(H,43,44,45);;/q;2*+1/p-2. The minimum atomic E-state index is -4.76. The van der Waals surface area contributed by atoms with Gasteiger partial charge in [-0.3, -0.25) is 0 Å². The Labute approximate surface area is 320 Å². The van der Waals surface area contributed by atoms with Crippen molar-refractivity contribution in [1.82, 2.24) is 0 Å². The topological polar surface area (TPSA) is 185 Å². The van der Waals surface area contributed by atoms with Crippen molar-refractivity contribution in [1.29, 1.82) is 0 Å². The zero-order valence-corrected chi connectivity index (χ0v) is 30.8. The molecule has 0 unspecified atom stereocenters. The number of carboxylic acid groups (broad SMARTS) is 1. The molecule has 14 heteroatoms. The van der Waals surface area contributed by atoms with Crippen LogP contribution in [-0.4, -0.2) is 25.5 Å². The Morgan fingerprint density at radius 1 is 0.646 bits per heavy atom. The first kappa shape index (κ1) is 36.8. The average Bonchev–Trinajstić information content (AvgIpc) is 3.06. The van der Waals surface area contributed by atoms with Crippen LogP contribution >= 0.6 is 0 Å². The van der Waals surface area contributed by atoms with Gasteiger partial charge < -0.3 is 25.5 Å². The van der Waals surface area contributed by atoms with Crippen LogP contribution in [0, 0.1) is 0 Å². The number of azo groups is 2. The first-order chi connectivity index (χ1) is 22.2. The Bertz CT molecular complexity index is 2280. The van der Waals surface area contributed by atoms with E-state index in [0.29, 0.717) is 28.1 Å². The van der Waals surface area contributed by atoms with Crippen LogP contribution in [0.15, 0.2) is 141 Å². The summed E-state index contributed by atoms with van der Waals surface area (Å²) in [7, 11) is -4.76. The molecule has 0 saturated carbocycles. The molecule has 0 amide bonds. The van der Waals surface area contributed by atoms with Gasteiger partial charge in [0.15, 0.2) is 0 Å². The second-order valence-corrected chi connectivity index (χ2v) is 11.6. The molecular formula is C34H24N6Na2O5S. The van der Waals surface area contributed by atoms with Crippen molar-refractivity contribution < 1.29 is 82.0 Å². The van der Waals surface area contributed by atoms with E-state index < -0.39 is 21.0 Å². The predicted octanol–water partition coefficient (Wildman–Crippen LogP) is 1.15. The van der Waals surface area contributed by atoms with Gasteiger partial charge >= 0.3 is 59.1 Å². The van der Waals surface area contributed by atoms with Crippen LogP contribution in [0.1, 0.15) is 0 Å². The van der Waals surface area contributed by atoms with Crippen molar-refractivity contribution in [3.05, 3.63) is 115 Å². The molecule has 6 rings (SSSR count). The van der Waals surface area contributed by atoms with Gasteiger partial charge in [0.05, 0.1) is 40.2 Å². The van der Waals surface area contributed by atoms with E-state index in [9.17, 15) is 22.9 Å². The number of hydrogen-bond acceptors (Lipinski definition) is 11. The molecule has 48 heavy (non-hydrogen) atoms. The van der Waals surface area contributed by atoms with Gasteiger partial charge in [0.1, 0.15) is 15.8 Å². The summed E-state index contributed by atoms with van der Waals surface area (Å²) in [6, 6.07) is 33.4. The number of carboxylic acids is 1. The van der Waals surface area contributed by atoms with Gasteiger partial charge in [0.2, 0.25) is 0 Å². The summed E-state index contributed by atoms with van der Waals surface area (Å²) in [4.78, 5) is 10.5. The van der Waals surface area contributed by atoms with Gasteiger partial charge in [-0.25, -0.2) is 8.42 Å². The molecule has 11 nitrogen and oxygen atoms in total. The molecule has 228 valence electrons. The molecule has 0 spiro atoms. The summed E-state index contributed by atoms with van der Waals surface area (Å²) in [5.41, 5.74) is 10.8. The number of nitrogens with zero attached hydrogens (tertiary/aromatic N) is 4. The molecule has 0 bridgehead atoms. The maximum atomic E-state index is 11.9. The molecule has 0 heterocycles. The summed E-state index contributed by atoms with van der Waals surface area (Å²) >= 11 is 0. The molecule has 3 N–H and O–H groups in total. The SMILES string of the molecule is Nc1c(N=Nc2ccc(-c3ccc(N=Nc4ccc(NCC(=O)[O-])c5ccccc45)cc3)cc2)cc(S(=O)(=O)[O-])c2ccccc12.[Na+].[Na+]. The first-order valence-corrected chi connectivity index (χ1v) is 15.3. The van der Waals surface area contributed by atoms with E-state index in [2.05, 4.69) is 25.8 Å². The largest absolute Gasteiger partial charge is 1.00 e. The molecule has 0 aliphatic rings. The van der Waals surface area contributed by atoms with Gasteiger partial charge in [-0.1, -0.05) is 72.8 Å². The molecule has 0 atom stereocenters. The smallest absolute Gasteiger partial charge is 0.744 e. The monoisotopic (exact) mass is 674 g/mol. The second kappa shape index (κ2) is 15.9. The zero-order valence-electron chi connectivity index (χ0n) is 26.0. The van der Waals surface area contributed by atoms with Crippen LogP contribution in [0.25, 0.3) is 32.7 Å². The average molecular weight is 675 g/mol. The molecule has 6 aromatic carbocycles. The van der Waals surface area contributed by atoms with Crippen molar-refractivity contribution >= 4 is 71.8 Å². The fourth-order valence-corrected chi connectivity index (χ4v) is 5.70. The van der Waals surface area contributed by atoms with Crippen LogP contribution in [0.2, 0.25) is 0 Å². The van der Waals surface area contributed by atoms with Crippen molar-refractivity contribution in [2.24, 2.45) is 20.5 Å². The number of carbonyl (C=O) groups is 1. The summed E-state index contributed by atoms with van der Waals surface area (Å²) in [6.07, 6.45) is 0. The number of rotatable bonds is 9. The van der Waals surface area contributed by atoms with E-state index in [-0.39, 0.29) is 82.4 Å². The van der Waals surface area contributed by atoms with Crippen molar-refractivity contribution in [3.63, 3.8) is 0 Å². The Hall–Kier alpha value is -3.98. The minimum Gasteiger partial charge on any atom is -0.744 e. The number of nitrogen functional groups attached to an aromatic ring is 1. The first-order valence-electron chi connectivity index (χ1n) is 13.9. The maximum absolute atomic E-state index is 11.9. The maximum Gasteiger partial charge on any atom is 1.00 e. The van der Waals surface area contributed by atoms with Gasteiger partial charge in [-0.2, -0.15) is 10.2 Å². The van der Waals surface area contributed by atoms with E-state index in [0.717, 1.165) is 28.0 Å². The second-order valence-electron chi connectivity index (χ2n) is 10.2. The normalized spacial score (nSPS) is 11.4. The summed E-state index contributed by atoms with van der Waals surface area (Å²) in [5, 5.41) is 33.2. The van der Waals surface area contributed by atoms with E-state index in [4.69, 9.17) is 5.73 Å². The number of aliphatic carboxylic acids is 1. The van der Waals surface area contributed by atoms with E-state index >= 15 is 0 Å².